The van der Waals surface area contributed by atoms with Gasteiger partial charge in [0.25, 0.3) is 0 Å². The van der Waals surface area contributed by atoms with Crippen molar-refractivity contribution in [3.8, 4) is 0 Å². The van der Waals surface area contributed by atoms with Gasteiger partial charge in [0.2, 0.25) is 0 Å². The van der Waals surface area contributed by atoms with Crippen molar-refractivity contribution in [3.05, 3.63) is 0 Å². The first-order valence-corrected chi connectivity index (χ1v) is 6.37. The number of nitrogens with two attached hydrogens (primary N) is 1. The minimum Gasteiger partial charge on any atom is -0.392 e. The van der Waals surface area contributed by atoms with Gasteiger partial charge in [-0.2, -0.15) is 0 Å². The summed E-state index contributed by atoms with van der Waals surface area (Å²) in [6.07, 6.45) is 2.90. The molecule has 1 heterocycles. The fourth-order valence-corrected chi connectivity index (χ4v) is 2.76. The number of likely N-dealkylation sites (tertiary alicyclic amines) is 1. The molecular weight excluding hydrogens is 202 g/mol. The van der Waals surface area contributed by atoms with Crippen LogP contribution >= 0.6 is 0 Å². The zero-order valence-electron chi connectivity index (χ0n) is 10.9. The van der Waals surface area contributed by atoms with Crippen LogP contribution in [-0.2, 0) is 0 Å². The van der Waals surface area contributed by atoms with Crippen molar-refractivity contribution in [2.45, 2.75) is 44.4 Å². The number of rotatable bonds is 6. The van der Waals surface area contributed by atoms with Crippen LogP contribution in [0, 0.1) is 0 Å². The van der Waals surface area contributed by atoms with Gasteiger partial charge in [0, 0.05) is 25.2 Å². The van der Waals surface area contributed by atoms with Gasteiger partial charge in [-0.25, -0.2) is 0 Å². The number of β-amino-alcohol motifs (C(OH)–C–C–N with tert-alkyl or cyclic N) is 1. The average Bonchev–Trinajstić information content (AvgIpc) is 2.55. The minimum atomic E-state index is -0.156. The molecule has 96 valence electrons. The molecule has 0 aromatic carbocycles. The van der Waals surface area contributed by atoms with Crippen molar-refractivity contribution in [1.82, 2.24) is 9.80 Å². The Hall–Kier alpha value is -0.160. The van der Waals surface area contributed by atoms with Gasteiger partial charge in [0.1, 0.15) is 0 Å². The number of aliphatic hydroxyl groups is 1. The maximum absolute atomic E-state index is 9.80. The van der Waals surface area contributed by atoms with E-state index in [0.29, 0.717) is 12.1 Å². The van der Waals surface area contributed by atoms with Gasteiger partial charge in [-0.05, 0) is 39.9 Å². The summed E-state index contributed by atoms with van der Waals surface area (Å²) in [5.74, 6) is 0. The predicted molar refractivity (Wildman–Crippen MR) is 67.4 cm³/mol. The molecule has 0 spiro atoms. The van der Waals surface area contributed by atoms with Crippen molar-refractivity contribution in [3.63, 3.8) is 0 Å². The molecule has 0 radical (unpaired) electrons. The Balaban J connectivity index is 2.59. The molecule has 0 aromatic heterocycles. The first-order valence-electron chi connectivity index (χ1n) is 6.37. The van der Waals surface area contributed by atoms with Crippen LogP contribution in [0.1, 0.15) is 26.2 Å². The zero-order valence-corrected chi connectivity index (χ0v) is 10.9. The smallest absolute Gasteiger partial charge is 0.0682 e. The standard InChI is InChI=1S/C12H27N3O/c1-4-10(5-6-13)15-9-12(16)7-11(15)8-14(2)3/h10-12,16H,4-9,13H2,1-3H3. The van der Waals surface area contributed by atoms with Crippen LogP contribution in [0.2, 0.25) is 0 Å². The topological polar surface area (TPSA) is 52.7 Å². The molecule has 0 bridgehead atoms. The van der Waals surface area contributed by atoms with E-state index in [1.54, 1.807) is 0 Å². The van der Waals surface area contributed by atoms with Gasteiger partial charge >= 0.3 is 0 Å². The van der Waals surface area contributed by atoms with Crippen molar-refractivity contribution in [1.29, 1.82) is 0 Å². The largest absolute Gasteiger partial charge is 0.392 e. The molecule has 1 rings (SSSR count). The lowest BCUT2D eigenvalue weighted by atomic mass is 10.1. The molecule has 4 heteroatoms. The van der Waals surface area contributed by atoms with E-state index in [2.05, 4.69) is 30.8 Å². The minimum absolute atomic E-state index is 0.156. The van der Waals surface area contributed by atoms with Crippen molar-refractivity contribution >= 4 is 0 Å². The first kappa shape index (κ1) is 13.9. The van der Waals surface area contributed by atoms with Gasteiger partial charge in [-0.15, -0.1) is 0 Å². The monoisotopic (exact) mass is 229 g/mol. The summed E-state index contributed by atoms with van der Waals surface area (Å²) < 4.78 is 0. The number of hydrogen-bond acceptors (Lipinski definition) is 4. The number of hydrogen-bond donors (Lipinski definition) is 2. The highest BCUT2D eigenvalue weighted by Gasteiger charge is 2.34. The second-order valence-electron chi connectivity index (χ2n) is 5.14. The van der Waals surface area contributed by atoms with E-state index in [0.717, 1.165) is 38.9 Å². The van der Waals surface area contributed by atoms with Gasteiger partial charge in [-0.1, -0.05) is 6.92 Å². The second-order valence-corrected chi connectivity index (χ2v) is 5.14. The summed E-state index contributed by atoms with van der Waals surface area (Å²) in [7, 11) is 4.18. The third-order valence-electron chi connectivity index (χ3n) is 3.45. The molecule has 0 saturated carbocycles. The molecule has 0 amide bonds. The Bertz CT molecular complexity index is 199. The Morgan fingerprint density at radius 3 is 2.69 bits per heavy atom. The molecule has 4 nitrogen and oxygen atoms in total. The lowest BCUT2D eigenvalue weighted by Gasteiger charge is -2.33. The van der Waals surface area contributed by atoms with E-state index in [4.69, 9.17) is 5.73 Å². The third kappa shape index (κ3) is 3.70. The third-order valence-corrected chi connectivity index (χ3v) is 3.45. The number of nitrogens with zero attached hydrogens (tertiary/aromatic N) is 2. The molecular formula is C12H27N3O. The Labute approximate surface area is 99.4 Å². The maximum atomic E-state index is 9.80. The summed E-state index contributed by atoms with van der Waals surface area (Å²) in [5, 5.41) is 9.80. The highest BCUT2D eigenvalue weighted by Crippen LogP contribution is 2.23. The van der Waals surface area contributed by atoms with Gasteiger partial charge < -0.3 is 15.7 Å². The van der Waals surface area contributed by atoms with Gasteiger partial charge in [0.15, 0.2) is 0 Å². The van der Waals surface area contributed by atoms with Crippen molar-refractivity contribution in [2.75, 3.05) is 33.7 Å². The van der Waals surface area contributed by atoms with E-state index in [9.17, 15) is 5.11 Å². The lowest BCUT2D eigenvalue weighted by molar-refractivity contribution is 0.128. The normalized spacial score (nSPS) is 28.9. The van der Waals surface area contributed by atoms with Crippen LogP contribution in [0.15, 0.2) is 0 Å². The van der Waals surface area contributed by atoms with Crippen LogP contribution in [-0.4, -0.2) is 66.8 Å². The average molecular weight is 229 g/mol. The van der Waals surface area contributed by atoms with Crippen LogP contribution in [0.25, 0.3) is 0 Å². The Kier molecular flexibility index (Phi) is 5.69. The highest BCUT2D eigenvalue weighted by molar-refractivity contribution is 4.90. The van der Waals surface area contributed by atoms with Crippen molar-refractivity contribution in [2.24, 2.45) is 5.73 Å². The first-order chi connectivity index (χ1) is 7.58. The van der Waals surface area contributed by atoms with Crippen LogP contribution in [0.5, 0.6) is 0 Å². The quantitative estimate of drug-likeness (QED) is 0.679. The molecule has 1 aliphatic rings. The second kappa shape index (κ2) is 6.55. The maximum Gasteiger partial charge on any atom is 0.0682 e. The lowest BCUT2D eigenvalue weighted by Crippen LogP contribution is -2.44. The van der Waals surface area contributed by atoms with Crippen molar-refractivity contribution < 1.29 is 5.11 Å². The fraction of sp³-hybridized carbons (Fsp3) is 1.00. The summed E-state index contributed by atoms with van der Waals surface area (Å²) in [4.78, 5) is 4.66. The van der Waals surface area contributed by atoms with E-state index >= 15 is 0 Å². The molecule has 16 heavy (non-hydrogen) atoms. The predicted octanol–water partition coefficient (Wildman–Crippen LogP) is 0.111. The number of likely N-dealkylation sites (N-methyl/N-ethyl adjacent to an activating group) is 1. The molecule has 0 aliphatic carbocycles. The Morgan fingerprint density at radius 2 is 2.19 bits per heavy atom. The van der Waals surface area contributed by atoms with Gasteiger partial charge in [0.05, 0.1) is 6.10 Å². The molecule has 0 aromatic rings. The van der Waals surface area contributed by atoms with E-state index in [1.165, 1.54) is 0 Å². The Morgan fingerprint density at radius 1 is 1.50 bits per heavy atom. The van der Waals surface area contributed by atoms with Crippen LogP contribution < -0.4 is 5.73 Å². The summed E-state index contributed by atoms with van der Waals surface area (Å²) in [6, 6.07) is 1.02. The number of aliphatic hydroxyl groups excluding tert-OH is 1. The van der Waals surface area contributed by atoms with E-state index in [1.807, 2.05) is 0 Å². The molecule has 1 saturated heterocycles. The summed E-state index contributed by atoms with van der Waals surface area (Å²) >= 11 is 0. The van der Waals surface area contributed by atoms with Crippen LogP contribution in [0.3, 0.4) is 0 Å². The molecule has 3 unspecified atom stereocenters. The molecule has 1 aliphatic heterocycles. The van der Waals surface area contributed by atoms with E-state index in [-0.39, 0.29) is 6.10 Å². The molecule has 3 atom stereocenters. The van der Waals surface area contributed by atoms with Crippen LogP contribution in [0.4, 0.5) is 0 Å². The summed E-state index contributed by atoms with van der Waals surface area (Å²) in [5.41, 5.74) is 5.65. The SMILES string of the molecule is CCC(CCN)N1CC(O)CC1CN(C)C. The zero-order chi connectivity index (χ0) is 12.1. The fourth-order valence-electron chi connectivity index (χ4n) is 2.76. The summed E-state index contributed by atoms with van der Waals surface area (Å²) in [6.45, 7) is 4.78. The highest BCUT2D eigenvalue weighted by atomic mass is 16.3. The van der Waals surface area contributed by atoms with Gasteiger partial charge in [-0.3, -0.25) is 4.90 Å². The van der Waals surface area contributed by atoms with E-state index < -0.39 is 0 Å². The molecule has 3 N–H and O–H groups in total. The molecule has 1 fully saturated rings.